The van der Waals surface area contributed by atoms with Gasteiger partial charge in [0.2, 0.25) is 5.91 Å². The highest BCUT2D eigenvalue weighted by molar-refractivity contribution is 7.80. The first kappa shape index (κ1) is 17.2. The lowest BCUT2D eigenvalue weighted by atomic mass is 9.89. The van der Waals surface area contributed by atoms with Gasteiger partial charge in [0, 0.05) is 24.6 Å². The fourth-order valence-electron chi connectivity index (χ4n) is 2.42. The Hall–Kier alpha value is -1.83. The number of nitrogens with one attached hydrogen (secondary N) is 1. The molecule has 0 aliphatic heterocycles. The molecule has 1 aliphatic carbocycles. The Balaban J connectivity index is 2.85. The Morgan fingerprint density at radius 2 is 2.10 bits per heavy atom. The summed E-state index contributed by atoms with van der Waals surface area (Å²) >= 11 is 5.14. The molecule has 0 aromatic rings. The molecule has 116 valence electrons. The predicted molar refractivity (Wildman–Crippen MR) is 75.7 cm³/mol. The van der Waals surface area contributed by atoms with Crippen LogP contribution in [0.1, 0.15) is 26.2 Å². The van der Waals surface area contributed by atoms with Gasteiger partial charge >= 0.3 is 11.9 Å². The zero-order chi connectivity index (χ0) is 16.2. The number of aliphatic carboxylic acids is 1. The van der Waals surface area contributed by atoms with Crippen molar-refractivity contribution < 1.29 is 29.0 Å². The molecule has 7 nitrogen and oxygen atoms in total. The maximum absolute atomic E-state index is 11.8. The standard InChI is InChI=1S/C13H17NO6S/c1-6(15)14-8(13(19)20-2)5-10(21)11-7(12(17)18)3-4-9(11)16/h7-8,11H,3-5H2,1-2H3,(H,14,15)(H,17,18). The van der Waals surface area contributed by atoms with E-state index >= 15 is 0 Å². The summed E-state index contributed by atoms with van der Waals surface area (Å²) in [6, 6.07) is -1.01. The number of thiocarbonyl (C=S) groups is 1. The normalized spacial score (nSPS) is 22.5. The molecule has 1 aliphatic rings. The van der Waals surface area contributed by atoms with Crippen molar-refractivity contribution in [2.24, 2.45) is 11.8 Å². The van der Waals surface area contributed by atoms with Crippen LogP contribution in [0.2, 0.25) is 0 Å². The molecule has 0 spiro atoms. The summed E-state index contributed by atoms with van der Waals surface area (Å²) in [5, 5.41) is 11.5. The van der Waals surface area contributed by atoms with Crippen LogP contribution < -0.4 is 5.32 Å². The van der Waals surface area contributed by atoms with Crippen LogP contribution in [-0.4, -0.2) is 46.8 Å². The second-order valence-electron chi connectivity index (χ2n) is 4.87. The number of carboxylic acids is 1. The monoisotopic (exact) mass is 315 g/mol. The Kier molecular flexibility index (Phi) is 5.95. The Bertz CT molecular complexity index is 489. The van der Waals surface area contributed by atoms with E-state index in [1.807, 2.05) is 0 Å². The van der Waals surface area contributed by atoms with Crippen LogP contribution in [0.25, 0.3) is 0 Å². The molecule has 21 heavy (non-hydrogen) atoms. The van der Waals surface area contributed by atoms with Crippen molar-refractivity contribution in [1.29, 1.82) is 0 Å². The van der Waals surface area contributed by atoms with Gasteiger partial charge in [-0.2, -0.15) is 0 Å². The Morgan fingerprint density at radius 3 is 2.57 bits per heavy atom. The number of Topliss-reactive ketones (excluding diaryl/α,β-unsaturated/α-hetero) is 1. The molecule has 3 unspecified atom stereocenters. The van der Waals surface area contributed by atoms with Gasteiger partial charge in [0.05, 0.1) is 18.9 Å². The van der Waals surface area contributed by atoms with Crippen molar-refractivity contribution in [2.45, 2.75) is 32.2 Å². The summed E-state index contributed by atoms with van der Waals surface area (Å²) in [5.41, 5.74) is 0. The van der Waals surface area contributed by atoms with E-state index in [0.717, 1.165) is 0 Å². The van der Waals surface area contributed by atoms with E-state index in [1.54, 1.807) is 0 Å². The second-order valence-corrected chi connectivity index (χ2v) is 5.40. The lowest BCUT2D eigenvalue weighted by molar-refractivity contribution is -0.144. The molecule has 3 atom stereocenters. The van der Waals surface area contributed by atoms with Gasteiger partial charge in [-0.1, -0.05) is 12.2 Å². The lowest BCUT2D eigenvalue weighted by Crippen LogP contribution is -2.43. The first-order valence-electron chi connectivity index (χ1n) is 6.41. The number of carbonyl (C=O) groups excluding carboxylic acids is 3. The minimum Gasteiger partial charge on any atom is -0.481 e. The summed E-state index contributed by atoms with van der Waals surface area (Å²) in [7, 11) is 1.17. The van der Waals surface area contributed by atoms with Crippen LogP contribution in [0.3, 0.4) is 0 Å². The molecule has 0 aromatic heterocycles. The van der Waals surface area contributed by atoms with Crippen LogP contribution >= 0.6 is 12.2 Å². The van der Waals surface area contributed by atoms with Crippen LogP contribution in [0.15, 0.2) is 0 Å². The number of carboxylic acid groups (broad SMARTS) is 1. The van der Waals surface area contributed by atoms with E-state index in [1.165, 1.54) is 14.0 Å². The SMILES string of the molecule is COC(=O)C(CC(=S)C1C(=O)CCC1C(=O)O)NC(C)=O. The van der Waals surface area contributed by atoms with Crippen LogP contribution in [0.4, 0.5) is 0 Å². The minimum atomic E-state index is -1.08. The average molecular weight is 315 g/mol. The molecule has 1 amide bonds. The fourth-order valence-corrected chi connectivity index (χ4v) is 2.89. The molecule has 1 fully saturated rings. The van der Waals surface area contributed by atoms with Crippen molar-refractivity contribution in [2.75, 3.05) is 7.11 Å². The van der Waals surface area contributed by atoms with Crippen LogP contribution in [0, 0.1) is 11.8 Å². The van der Waals surface area contributed by atoms with E-state index in [2.05, 4.69) is 10.1 Å². The van der Waals surface area contributed by atoms with E-state index in [9.17, 15) is 19.2 Å². The topological polar surface area (TPSA) is 110 Å². The quantitative estimate of drug-likeness (QED) is 0.528. The lowest BCUT2D eigenvalue weighted by Gasteiger charge is -2.20. The largest absolute Gasteiger partial charge is 0.481 e. The van der Waals surface area contributed by atoms with Crippen molar-refractivity contribution in [3.8, 4) is 0 Å². The zero-order valence-corrected chi connectivity index (χ0v) is 12.6. The number of carbonyl (C=O) groups is 4. The fraction of sp³-hybridized carbons (Fsp3) is 0.615. The summed E-state index contributed by atoms with van der Waals surface area (Å²) < 4.78 is 4.56. The molecule has 0 heterocycles. The first-order valence-corrected chi connectivity index (χ1v) is 6.82. The van der Waals surface area contributed by atoms with Gasteiger partial charge in [-0.15, -0.1) is 0 Å². The Labute approximate surface area is 127 Å². The molecule has 0 radical (unpaired) electrons. The van der Waals surface area contributed by atoms with Crippen molar-refractivity contribution in [1.82, 2.24) is 5.32 Å². The van der Waals surface area contributed by atoms with Crippen molar-refractivity contribution >= 4 is 40.7 Å². The summed E-state index contributed by atoms with van der Waals surface area (Å²) in [4.78, 5) is 45.8. The summed E-state index contributed by atoms with van der Waals surface area (Å²) in [5.74, 6) is -4.20. The number of methoxy groups -OCH3 is 1. The predicted octanol–water partition coefficient (Wildman–Crippen LogP) is 0.104. The highest BCUT2D eigenvalue weighted by Gasteiger charge is 2.42. The first-order chi connectivity index (χ1) is 9.77. The maximum atomic E-state index is 11.8. The molecule has 0 aromatic carbocycles. The van der Waals surface area contributed by atoms with E-state index in [-0.39, 0.29) is 29.9 Å². The Morgan fingerprint density at radius 1 is 1.48 bits per heavy atom. The molecular weight excluding hydrogens is 298 g/mol. The van der Waals surface area contributed by atoms with Crippen LogP contribution in [-0.2, 0) is 23.9 Å². The number of ketones is 1. The van der Waals surface area contributed by atoms with Crippen molar-refractivity contribution in [3.05, 3.63) is 0 Å². The van der Waals surface area contributed by atoms with Gasteiger partial charge < -0.3 is 15.2 Å². The van der Waals surface area contributed by atoms with E-state index < -0.39 is 35.7 Å². The molecule has 1 saturated carbocycles. The molecule has 0 bridgehead atoms. The third kappa shape index (κ3) is 4.32. The van der Waals surface area contributed by atoms with Gasteiger partial charge in [-0.05, 0) is 6.42 Å². The highest BCUT2D eigenvalue weighted by atomic mass is 32.1. The second kappa shape index (κ2) is 7.26. The number of hydrogen-bond acceptors (Lipinski definition) is 6. The third-order valence-electron chi connectivity index (χ3n) is 3.38. The molecule has 1 rings (SSSR count). The van der Waals surface area contributed by atoms with Gasteiger partial charge in [-0.3, -0.25) is 14.4 Å². The number of rotatable bonds is 6. The van der Waals surface area contributed by atoms with E-state index in [4.69, 9.17) is 17.3 Å². The number of amides is 1. The number of ether oxygens (including phenoxy) is 1. The average Bonchev–Trinajstić information content (AvgIpc) is 2.78. The highest BCUT2D eigenvalue weighted by Crippen LogP contribution is 2.31. The molecule has 8 heteroatoms. The van der Waals surface area contributed by atoms with Gasteiger partial charge in [-0.25, -0.2) is 4.79 Å². The molecule has 0 saturated heterocycles. The number of esters is 1. The third-order valence-corrected chi connectivity index (χ3v) is 3.80. The number of hydrogen-bond donors (Lipinski definition) is 2. The molecule has 2 N–H and O–H groups in total. The van der Waals surface area contributed by atoms with Crippen molar-refractivity contribution in [3.63, 3.8) is 0 Å². The maximum Gasteiger partial charge on any atom is 0.328 e. The molecular formula is C13H17NO6S. The van der Waals surface area contributed by atoms with E-state index in [0.29, 0.717) is 0 Å². The van der Waals surface area contributed by atoms with Gasteiger partial charge in [0.1, 0.15) is 11.8 Å². The van der Waals surface area contributed by atoms with Crippen LogP contribution in [0.5, 0.6) is 0 Å². The smallest absolute Gasteiger partial charge is 0.328 e. The summed E-state index contributed by atoms with van der Waals surface area (Å²) in [6.07, 6.45) is 0.300. The minimum absolute atomic E-state index is 0.0955. The van der Waals surface area contributed by atoms with Gasteiger partial charge in [0.15, 0.2) is 0 Å². The summed E-state index contributed by atoms with van der Waals surface area (Å²) in [6.45, 7) is 1.24. The van der Waals surface area contributed by atoms with Gasteiger partial charge in [0.25, 0.3) is 0 Å². The zero-order valence-electron chi connectivity index (χ0n) is 11.8.